The summed E-state index contributed by atoms with van der Waals surface area (Å²) in [6, 6.07) is 8.15. The van der Waals surface area contributed by atoms with E-state index in [1.165, 1.54) is 6.20 Å². The van der Waals surface area contributed by atoms with Crippen LogP contribution in [-0.2, 0) is 14.8 Å². The predicted octanol–water partition coefficient (Wildman–Crippen LogP) is 1.37. The Labute approximate surface area is 183 Å². The Kier molecular flexibility index (Phi) is 7.83. The van der Waals surface area contributed by atoms with E-state index in [0.29, 0.717) is 38.5 Å². The van der Waals surface area contributed by atoms with Crippen molar-refractivity contribution in [1.82, 2.24) is 15.6 Å². The Morgan fingerprint density at radius 1 is 1.23 bits per heavy atom. The monoisotopic (exact) mass is 447 g/mol. The largest absolute Gasteiger partial charge is 0.385 e. The van der Waals surface area contributed by atoms with Crippen LogP contribution in [0.2, 0.25) is 0 Å². The maximum Gasteiger partial charge on any atom is 0.262 e. The molecule has 1 aliphatic heterocycles. The van der Waals surface area contributed by atoms with Gasteiger partial charge in [0.2, 0.25) is 0 Å². The van der Waals surface area contributed by atoms with Crippen LogP contribution in [0.5, 0.6) is 0 Å². The highest BCUT2D eigenvalue weighted by molar-refractivity contribution is 7.92. The fraction of sp³-hybridized carbons (Fsp3) is 0.429. The van der Waals surface area contributed by atoms with Crippen molar-refractivity contribution >= 4 is 27.4 Å². The molecule has 0 radical (unpaired) electrons. The molecule has 1 aliphatic rings. The van der Waals surface area contributed by atoms with Gasteiger partial charge in [-0.25, -0.2) is 13.4 Å². The molecule has 3 N–H and O–H groups in total. The van der Waals surface area contributed by atoms with Crippen molar-refractivity contribution in [2.75, 3.05) is 56.1 Å². The predicted molar refractivity (Wildman–Crippen MR) is 120 cm³/mol. The van der Waals surface area contributed by atoms with E-state index >= 15 is 0 Å². The van der Waals surface area contributed by atoms with E-state index < -0.39 is 10.0 Å². The third kappa shape index (κ3) is 6.16. The number of aromatic nitrogens is 1. The minimum absolute atomic E-state index is 0.152. The van der Waals surface area contributed by atoms with E-state index in [0.717, 1.165) is 18.7 Å². The summed E-state index contributed by atoms with van der Waals surface area (Å²) in [5, 5.41) is 6.06. The fourth-order valence-corrected chi connectivity index (χ4v) is 4.28. The highest BCUT2D eigenvalue weighted by Crippen LogP contribution is 2.27. The number of benzene rings is 1. The summed E-state index contributed by atoms with van der Waals surface area (Å²) in [5.74, 6) is 0.194. The number of ether oxygens (including phenoxy) is 1. The number of methoxy groups -OCH3 is 1. The van der Waals surface area contributed by atoms with Gasteiger partial charge in [0.05, 0.1) is 16.1 Å². The average molecular weight is 448 g/mol. The molecule has 31 heavy (non-hydrogen) atoms. The first-order chi connectivity index (χ1) is 14.9. The van der Waals surface area contributed by atoms with Crippen LogP contribution in [0.4, 0.5) is 11.5 Å². The SMILES string of the molecule is COCCCNC(=O)c1cnc(N2CCNCC2)c(NS(=O)(=O)c2ccc(C)cc2)c1. The quantitative estimate of drug-likeness (QED) is 0.498. The number of nitrogens with zero attached hydrogens (tertiary/aromatic N) is 2. The summed E-state index contributed by atoms with van der Waals surface area (Å²) in [7, 11) is -2.23. The molecule has 0 atom stereocenters. The van der Waals surface area contributed by atoms with Gasteiger partial charge in [0.1, 0.15) is 0 Å². The second kappa shape index (κ2) is 10.6. The Bertz CT molecular complexity index is 989. The molecule has 1 aromatic carbocycles. The lowest BCUT2D eigenvalue weighted by Gasteiger charge is -2.30. The number of piperazine rings is 1. The van der Waals surface area contributed by atoms with Crippen molar-refractivity contribution in [3.63, 3.8) is 0 Å². The molecule has 0 unspecified atom stereocenters. The summed E-state index contributed by atoms with van der Waals surface area (Å²) < 4.78 is 33.6. The zero-order valence-electron chi connectivity index (χ0n) is 17.8. The molecule has 3 rings (SSSR count). The number of anilines is 2. The van der Waals surface area contributed by atoms with E-state index in [1.807, 2.05) is 11.8 Å². The molecular formula is C21H29N5O4S. The summed E-state index contributed by atoms with van der Waals surface area (Å²) in [5.41, 5.74) is 1.54. The lowest BCUT2D eigenvalue weighted by molar-refractivity contribution is 0.0948. The number of pyridine rings is 1. The van der Waals surface area contributed by atoms with Gasteiger partial charge in [0.15, 0.2) is 5.82 Å². The molecule has 1 amide bonds. The van der Waals surface area contributed by atoms with Crippen molar-refractivity contribution in [2.45, 2.75) is 18.2 Å². The van der Waals surface area contributed by atoms with Crippen LogP contribution in [0, 0.1) is 6.92 Å². The maximum atomic E-state index is 13.0. The zero-order chi connectivity index (χ0) is 22.3. The second-order valence-electron chi connectivity index (χ2n) is 7.35. The first-order valence-electron chi connectivity index (χ1n) is 10.2. The normalized spacial score (nSPS) is 14.3. The molecule has 1 aromatic heterocycles. The molecule has 2 aromatic rings. The molecule has 9 nitrogen and oxygen atoms in total. The Morgan fingerprint density at radius 3 is 2.61 bits per heavy atom. The van der Waals surface area contributed by atoms with Gasteiger partial charge < -0.3 is 20.3 Å². The van der Waals surface area contributed by atoms with Gasteiger partial charge in [-0.15, -0.1) is 0 Å². The molecule has 0 bridgehead atoms. The molecule has 0 spiro atoms. The van der Waals surface area contributed by atoms with Gasteiger partial charge in [0, 0.05) is 52.6 Å². The minimum Gasteiger partial charge on any atom is -0.385 e. The molecule has 1 saturated heterocycles. The molecule has 1 fully saturated rings. The topological polar surface area (TPSA) is 113 Å². The number of amides is 1. The Balaban J connectivity index is 1.88. The lowest BCUT2D eigenvalue weighted by atomic mass is 10.2. The first-order valence-corrected chi connectivity index (χ1v) is 11.7. The number of hydrogen-bond acceptors (Lipinski definition) is 7. The van der Waals surface area contributed by atoms with Crippen molar-refractivity contribution in [3.05, 3.63) is 47.7 Å². The van der Waals surface area contributed by atoms with Crippen molar-refractivity contribution in [3.8, 4) is 0 Å². The van der Waals surface area contributed by atoms with Gasteiger partial charge in [-0.3, -0.25) is 9.52 Å². The molecular weight excluding hydrogens is 418 g/mol. The molecule has 0 saturated carbocycles. The van der Waals surface area contributed by atoms with Crippen LogP contribution in [-0.4, -0.2) is 65.7 Å². The second-order valence-corrected chi connectivity index (χ2v) is 9.04. The van der Waals surface area contributed by atoms with E-state index in [-0.39, 0.29) is 22.1 Å². The zero-order valence-corrected chi connectivity index (χ0v) is 18.7. The van der Waals surface area contributed by atoms with Gasteiger partial charge in [-0.1, -0.05) is 17.7 Å². The minimum atomic E-state index is -3.84. The number of hydrogen-bond donors (Lipinski definition) is 3. The molecule has 0 aliphatic carbocycles. The van der Waals surface area contributed by atoms with Gasteiger partial charge in [-0.2, -0.15) is 0 Å². The summed E-state index contributed by atoms with van der Waals surface area (Å²) in [6.45, 7) is 5.81. The van der Waals surface area contributed by atoms with Crippen molar-refractivity contribution in [1.29, 1.82) is 0 Å². The van der Waals surface area contributed by atoms with Crippen LogP contribution in [0.1, 0.15) is 22.3 Å². The van der Waals surface area contributed by atoms with Crippen LogP contribution < -0.4 is 20.3 Å². The van der Waals surface area contributed by atoms with Crippen molar-refractivity contribution in [2.24, 2.45) is 0 Å². The summed E-state index contributed by atoms with van der Waals surface area (Å²) >= 11 is 0. The first kappa shape index (κ1) is 23.0. The fourth-order valence-electron chi connectivity index (χ4n) is 3.23. The summed E-state index contributed by atoms with van der Waals surface area (Å²) in [4.78, 5) is 19.1. The van der Waals surface area contributed by atoms with E-state index in [1.54, 1.807) is 37.4 Å². The standard InChI is InChI=1S/C21H29N5O4S/c1-16-4-6-18(7-5-16)31(28,29)25-19-14-17(21(27)23-8-3-13-30-2)15-24-20(19)26-11-9-22-10-12-26/h4-7,14-15,22,25H,3,8-13H2,1-2H3,(H,23,27). The van der Waals surface area contributed by atoms with Gasteiger partial charge >= 0.3 is 0 Å². The Morgan fingerprint density at radius 2 is 1.94 bits per heavy atom. The number of sulfonamides is 1. The van der Waals surface area contributed by atoms with Gasteiger partial charge in [0.25, 0.3) is 15.9 Å². The van der Waals surface area contributed by atoms with Crippen LogP contribution >= 0.6 is 0 Å². The van der Waals surface area contributed by atoms with E-state index in [2.05, 4.69) is 20.3 Å². The number of carbonyl (C=O) groups excluding carboxylic acids is 1. The third-order valence-corrected chi connectivity index (χ3v) is 6.31. The molecule has 168 valence electrons. The number of nitrogens with one attached hydrogen (secondary N) is 3. The Hall–Kier alpha value is -2.69. The maximum absolute atomic E-state index is 13.0. The van der Waals surface area contributed by atoms with E-state index in [4.69, 9.17) is 4.74 Å². The van der Waals surface area contributed by atoms with Gasteiger partial charge in [-0.05, 0) is 31.5 Å². The smallest absolute Gasteiger partial charge is 0.262 e. The third-order valence-electron chi connectivity index (χ3n) is 4.93. The van der Waals surface area contributed by atoms with Crippen LogP contribution in [0.3, 0.4) is 0 Å². The molecule has 10 heteroatoms. The van der Waals surface area contributed by atoms with Crippen LogP contribution in [0.25, 0.3) is 0 Å². The van der Waals surface area contributed by atoms with Crippen LogP contribution in [0.15, 0.2) is 41.4 Å². The highest BCUT2D eigenvalue weighted by atomic mass is 32.2. The lowest BCUT2D eigenvalue weighted by Crippen LogP contribution is -2.44. The number of aryl methyl sites for hydroxylation is 1. The summed E-state index contributed by atoms with van der Waals surface area (Å²) in [6.07, 6.45) is 2.16. The highest BCUT2D eigenvalue weighted by Gasteiger charge is 2.22. The number of carbonyl (C=O) groups is 1. The van der Waals surface area contributed by atoms with E-state index in [9.17, 15) is 13.2 Å². The molecule has 2 heterocycles. The average Bonchev–Trinajstić information content (AvgIpc) is 2.77. The number of rotatable bonds is 9. The van der Waals surface area contributed by atoms with Crippen molar-refractivity contribution < 1.29 is 17.9 Å².